The molecule has 0 saturated carbocycles. The zero-order chi connectivity index (χ0) is 25.8. The number of carbonyl (C=O) groups excluding carboxylic acids is 1. The Labute approximate surface area is 221 Å². The van der Waals surface area contributed by atoms with Gasteiger partial charge in [0.25, 0.3) is 0 Å². The monoisotopic (exact) mass is 526 g/mol. The highest BCUT2D eigenvalue weighted by Gasteiger charge is 2.33. The molecule has 2 aromatic carbocycles. The molecule has 1 atom stereocenters. The van der Waals surface area contributed by atoms with Gasteiger partial charge >= 0.3 is 0 Å². The van der Waals surface area contributed by atoms with E-state index in [0.29, 0.717) is 51.5 Å². The zero-order valence-corrected chi connectivity index (χ0v) is 22.7. The number of benzene rings is 2. The predicted octanol–water partition coefficient (Wildman–Crippen LogP) is 6.54. The van der Waals surface area contributed by atoms with Gasteiger partial charge in [-0.25, -0.2) is 4.68 Å². The Kier molecular flexibility index (Phi) is 8.26. The maximum absolute atomic E-state index is 12.7. The first kappa shape index (κ1) is 26.1. The Morgan fingerprint density at radius 3 is 2.69 bits per heavy atom. The molecule has 0 fully saturated rings. The van der Waals surface area contributed by atoms with Gasteiger partial charge in [0.15, 0.2) is 17.3 Å². The van der Waals surface area contributed by atoms with Crippen LogP contribution in [-0.2, 0) is 10.5 Å². The van der Waals surface area contributed by atoms with Crippen molar-refractivity contribution in [1.82, 2.24) is 14.8 Å². The van der Waals surface area contributed by atoms with Gasteiger partial charge < -0.3 is 14.8 Å². The molecule has 3 aromatic rings. The number of halogens is 1. The normalized spacial score (nSPS) is 15.0. The van der Waals surface area contributed by atoms with Crippen molar-refractivity contribution >= 4 is 35.1 Å². The van der Waals surface area contributed by atoms with Crippen LogP contribution in [-0.4, -0.2) is 34.3 Å². The van der Waals surface area contributed by atoms with Crippen molar-refractivity contribution in [2.24, 2.45) is 5.92 Å². The highest BCUT2D eigenvalue weighted by atomic mass is 35.5. The number of Topliss-reactive ketones (excluding diaryl/α,β-unsaturated/α-hetero) is 1. The second kappa shape index (κ2) is 11.4. The Hall–Kier alpha value is -2.97. The van der Waals surface area contributed by atoms with Crippen molar-refractivity contribution in [1.29, 1.82) is 0 Å². The molecular formula is C27H31ClN4O3S. The molecule has 1 aliphatic heterocycles. The molecule has 0 spiro atoms. The van der Waals surface area contributed by atoms with Gasteiger partial charge in [-0.1, -0.05) is 61.5 Å². The summed E-state index contributed by atoms with van der Waals surface area (Å²) < 4.78 is 13.4. The molecule has 9 heteroatoms. The minimum absolute atomic E-state index is 0.0346. The van der Waals surface area contributed by atoms with Gasteiger partial charge in [-0.3, -0.25) is 4.79 Å². The summed E-state index contributed by atoms with van der Waals surface area (Å²) in [5.41, 5.74) is 3.26. The number of nitrogens with one attached hydrogen (secondary N) is 1. The molecule has 0 aliphatic carbocycles. The summed E-state index contributed by atoms with van der Waals surface area (Å²) >= 11 is 7.81. The third-order valence-corrected chi connectivity index (χ3v) is 7.24. The summed E-state index contributed by atoms with van der Waals surface area (Å²) in [5.74, 6) is 3.02. The van der Waals surface area contributed by atoms with Crippen LogP contribution in [0.5, 0.6) is 11.5 Å². The Morgan fingerprint density at radius 1 is 1.22 bits per heavy atom. The van der Waals surface area contributed by atoms with Crippen molar-refractivity contribution < 1.29 is 14.3 Å². The summed E-state index contributed by atoms with van der Waals surface area (Å²) in [7, 11) is 1.62. The molecule has 7 nitrogen and oxygen atoms in total. The van der Waals surface area contributed by atoms with Crippen LogP contribution in [0.1, 0.15) is 51.3 Å². The lowest BCUT2D eigenvalue weighted by Crippen LogP contribution is -2.27. The number of anilines is 1. The summed E-state index contributed by atoms with van der Waals surface area (Å²) in [6.07, 6.45) is 0.951. The lowest BCUT2D eigenvalue weighted by molar-refractivity contribution is -0.114. The molecule has 0 bridgehead atoms. The topological polar surface area (TPSA) is 78.3 Å². The quantitative estimate of drug-likeness (QED) is 0.301. The van der Waals surface area contributed by atoms with E-state index in [0.717, 1.165) is 23.2 Å². The van der Waals surface area contributed by atoms with E-state index in [1.807, 2.05) is 49.4 Å². The van der Waals surface area contributed by atoms with Crippen LogP contribution in [0.15, 0.2) is 58.9 Å². The van der Waals surface area contributed by atoms with E-state index in [-0.39, 0.29) is 5.78 Å². The number of methoxy groups -OCH3 is 1. The van der Waals surface area contributed by atoms with Crippen LogP contribution in [0.3, 0.4) is 0 Å². The largest absolute Gasteiger partial charge is 0.493 e. The highest BCUT2D eigenvalue weighted by Crippen LogP contribution is 2.40. The number of nitrogens with zero attached hydrogens (tertiary/aromatic N) is 3. The minimum atomic E-state index is -0.445. The number of allylic oxidation sites excluding steroid dienone is 2. The number of fused-ring (bicyclic) bond motifs is 1. The van der Waals surface area contributed by atoms with E-state index >= 15 is 0 Å². The van der Waals surface area contributed by atoms with Crippen molar-refractivity contribution in [3.8, 4) is 11.5 Å². The average Bonchev–Trinajstić information content (AvgIpc) is 3.24. The zero-order valence-electron chi connectivity index (χ0n) is 21.2. The first-order valence-electron chi connectivity index (χ1n) is 11.9. The average molecular weight is 527 g/mol. The fraction of sp³-hybridized carbons (Fsp3) is 0.370. The van der Waals surface area contributed by atoms with Crippen molar-refractivity contribution in [2.75, 3.05) is 19.0 Å². The van der Waals surface area contributed by atoms with Crippen LogP contribution in [0, 0.1) is 5.92 Å². The summed E-state index contributed by atoms with van der Waals surface area (Å²) in [6.45, 7) is 8.39. The number of rotatable bonds is 10. The Balaban J connectivity index is 1.66. The third kappa shape index (κ3) is 5.71. The summed E-state index contributed by atoms with van der Waals surface area (Å²) in [4.78, 5) is 17.4. The fourth-order valence-corrected chi connectivity index (χ4v) is 5.21. The molecule has 36 heavy (non-hydrogen) atoms. The van der Waals surface area contributed by atoms with Crippen molar-refractivity contribution in [3.63, 3.8) is 0 Å². The van der Waals surface area contributed by atoms with Gasteiger partial charge in [-0.2, -0.15) is 4.98 Å². The van der Waals surface area contributed by atoms with Gasteiger partial charge in [-0.15, -0.1) is 5.10 Å². The van der Waals surface area contributed by atoms with Crippen LogP contribution in [0.2, 0.25) is 5.02 Å². The molecule has 1 N–H and O–H groups in total. The van der Waals surface area contributed by atoms with Crippen molar-refractivity contribution in [2.45, 2.75) is 51.1 Å². The van der Waals surface area contributed by atoms with Gasteiger partial charge in [0, 0.05) is 22.0 Å². The lowest BCUT2D eigenvalue weighted by Gasteiger charge is -2.28. The summed E-state index contributed by atoms with van der Waals surface area (Å²) in [6, 6.07) is 13.1. The SMILES string of the molecule is COc1cc(C2C(C(C)=O)=C(C)Nc3nc(SCc4ccccc4Cl)nn32)ccc1OCCC(C)C. The standard InChI is InChI=1S/C27H31ClN4O3S/c1-16(2)12-13-35-22-11-10-19(14-23(22)34-5)25-24(18(4)33)17(3)29-26-30-27(31-32(25)26)36-15-20-8-6-7-9-21(20)28/h6-11,14,16,25H,12-13,15H2,1-5H3,(H,29,30,31). The molecular weight excluding hydrogens is 496 g/mol. The molecule has 1 aliphatic rings. The van der Waals surface area contributed by atoms with E-state index < -0.39 is 6.04 Å². The number of thioether (sulfide) groups is 1. The van der Waals surface area contributed by atoms with E-state index in [1.165, 1.54) is 11.8 Å². The Morgan fingerprint density at radius 2 is 2.00 bits per heavy atom. The van der Waals surface area contributed by atoms with Gasteiger partial charge in [0.1, 0.15) is 6.04 Å². The molecule has 1 aromatic heterocycles. The van der Waals surface area contributed by atoms with Gasteiger partial charge in [0.05, 0.1) is 13.7 Å². The van der Waals surface area contributed by atoms with Gasteiger partial charge in [-0.05, 0) is 55.5 Å². The first-order chi connectivity index (χ1) is 17.3. The maximum atomic E-state index is 12.7. The molecule has 2 heterocycles. The van der Waals surface area contributed by atoms with E-state index in [1.54, 1.807) is 18.7 Å². The van der Waals surface area contributed by atoms with Crippen molar-refractivity contribution in [3.05, 3.63) is 69.9 Å². The van der Waals surface area contributed by atoms with Crippen LogP contribution in [0.4, 0.5) is 5.95 Å². The Bertz CT molecular complexity index is 1290. The maximum Gasteiger partial charge on any atom is 0.227 e. The van der Waals surface area contributed by atoms with Crippen LogP contribution < -0.4 is 14.8 Å². The number of hydrogen-bond acceptors (Lipinski definition) is 7. The number of carbonyl (C=O) groups is 1. The first-order valence-corrected chi connectivity index (χ1v) is 13.3. The summed E-state index contributed by atoms with van der Waals surface area (Å²) in [5, 5.41) is 9.33. The molecule has 0 radical (unpaired) electrons. The molecule has 190 valence electrons. The lowest BCUT2D eigenvalue weighted by atomic mass is 9.93. The molecule has 0 saturated heterocycles. The molecule has 4 rings (SSSR count). The highest BCUT2D eigenvalue weighted by molar-refractivity contribution is 7.98. The molecule has 0 amide bonds. The minimum Gasteiger partial charge on any atom is -0.493 e. The number of hydrogen-bond donors (Lipinski definition) is 1. The predicted molar refractivity (Wildman–Crippen MR) is 144 cm³/mol. The number of ketones is 1. The van der Waals surface area contributed by atoms with Gasteiger partial charge in [0.2, 0.25) is 11.1 Å². The smallest absolute Gasteiger partial charge is 0.227 e. The second-order valence-corrected chi connectivity index (χ2v) is 10.5. The number of ether oxygens (including phenoxy) is 2. The van der Waals surface area contributed by atoms with E-state index in [4.69, 9.17) is 31.2 Å². The number of aromatic nitrogens is 3. The van der Waals surface area contributed by atoms with E-state index in [9.17, 15) is 4.79 Å². The fourth-order valence-electron chi connectivity index (χ4n) is 4.09. The third-order valence-electron chi connectivity index (χ3n) is 5.98. The molecule has 1 unspecified atom stereocenters. The second-order valence-electron chi connectivity index (χ2n) is 9.11. The van der Waals surface area contributed by atoms with Crippen LogP contribution >= 0.6 is 23.4 Å². The van der Waals surface area contributed by atoms with E-state index in [2.05, 4.69) is 19.2 Å². The van der Waals surface area contributed by atoms with Crippen LogP contribution in [0.25, 0.3) is 0 Å².